The Bertz CT molecular complexity index is 717. The summed E-state index contributed by atoms with van der Waals surface area (Å²) in [6.45, 7) is 0. The average molecular weight is 477 g/mol. The molecule has 2 aromatic rings. The second-order valence-corrected chi connectivity index (χ2v) is 6.63. The van der Waals surface area contributed by atoms with Crippen LogP contribution in [0.1, 0.15) is 15.9 Å². The molecule has 2 N–H and O–H groups in total. The molecule has 0 radical (unpaired) electrons. The second kappa shape index (κ2) is 7.20. The van der Waals surface area contributed by atoms with Crippen molar-refractivity contribution in [3.05, 3.63) is 60.9 Å². The molecule has 0 fully saturated rings. The van der Waals surface area contributed by atoms with Crippen LogP contribution < -0.4 is 5.43 Å². The van der Waals surface area contributed by atoms with Crippen LogP contribution in [0.15, 0.2) is 54.9 Å². The van der Waals surface area contributed by atoms with Gasteiger partial charge in [-0.05, 0) is 56.1 Å². The number of aromatic hydroxyl groups is 1. The molecule has 0 aromatic heterocycles. The van der Waals surface area contributed by atoms with Gasteiger partial charge in [-0.1, -0.05) is 28.1 Å². The first-order chi connectivity index (χ1) is 9.99. The number of carbonyl (C=O) groups is 1. The molecule has 108 valence electrons. The van der Waals surface area contributed by atoms with Gasteiger partial charge >= 0.3 is 0 Å². The topological polar surface area (TPSA) is 61.7 Å². The van der Waals surface area contributed by atoms with Gasteiger partial charge in [0.1, 0.15) is 5.75 Å². The van der Waals surface area contributed by atoms with Crippen LogP contribution in [-0.2, 0) is 0 Å². The minimum absolute atomic E-state index is 0.0529. The molecule has 0 saturated heterocycles. The van der Waals surface area contributed by atoms with Gasteiger partial charge < -0.3 is 5.11 Å². The van der Waals surface area contributed by atoms with E-state index in [1.165, 1.54) is 6.21 Å². The molecule has 4 nitrogen and oxygen atoms in total. The smallest absolute Gasteiger partial charge is 0.272 e. The van der Waals surface area contributed by atoms with Gasteiger partial charge in [0.05, 0.1) is 16.3 Å². The second-order valence-electron chi connectivity index (χ2n) is 4.00. The van der Waals surface area contributed by atoms with E-state index in [9.17, 15) is 9.90 Å². The Labute approximate surface area is 146 Å². The number of hydrogen-bond acceptors (Lipinski definition) is 3. The summed E-state index contributed by atoms with van der Waals surface area (Å²) in [7, 11) is 0. The Morgan fingerprint density at radius 1 is 1.14 bits per heavy atom. The van der Waals surface area contributed by atoms with Gasteiger partial charge in [-0.2, -0.15) is 5.10 Å². The Kier molecular flexibility index (Phi) is 5.55. The van der Waals surface area contributed by atoms with Gasteiger partial charge in [-0.25, -0.2) is 5.43 Å². The van der Waals surface area contributed by atoms with E-state index in [4.69, 9.17) is 0 Å². The number of carbonyl (C=O) groups excluding carboxylic acids is 1. The number of nitrogens with zero attached hydrogens (tertiary/aromatic N) is 1. The molecule has 7 heteroatoms. The van der Waals surface area contributed by atoms with Crippen LogP contribution in [0.3, 0.4) is 0 Å². The van der Waals surface area contributed by atoms with E-state index in [-0.39, 0.29) is 11.7 Å². The largest absolute Gasteiger partial charge is 0.506 e. The molecule has 2 rings (SSSR count). The molecule has 0 aliphatic carbocycles. The van der Waals surface area contributed by atoms with Crippen molar-refractivity contribution in [2.45, 2.75) is 0 Å². The van der Waals surface area contributed by atoms with Gasteiger partial charge in [-0.3, -0.25) is 4.79 Å². The molecule has 0 heterocycles. The van der Waals surface area contributed by atoms with Crippen LogP contribution in [0, 0.1) is 0 Å². The van der Waals surface area contributed by atoms with Crippen molar-refractivity contribution in [3.8, 4) is 5.75 Å². The fourth-order valence-corrected chi connectivity index (χ4v) is 3.27. The van der Waals surface area contributed by atoms with Gasteiger partial charge in [0.15, 0.2) is 0 Å². The van der Waals surface area contributed by atoms with Crippen molar-refractivity contribution in [3.63, 3.8) is 0 Å². The van der Waals surface area contributed by atoms with E-state index in [0.29, 0.717) is 20.1 Å². The van der Waals surface area contributed by atoms with E-state index in [1.54, 1.807) is 30.3 Å². The number of benzene rings is 2. The van der Waals surface area contributed by atoms with Gasteiger partial charge in [-0.15, -0.1) is 0 Å². The van der Waals surface area contributed by atoms with Crippen LogP contribution in [0.5, 0.6) is 5.75 Å². The third-order valence-electron chi connectivity index (χ3n) is 2.55. The number of rotatable bonds is 3. The highest BCUT2D eigenvalue weighted by Crippen LogP contribution is 2.30. The van der Waals surface area contributed by atoms with E-state index in [1.807, 2.05) is 6.07 Å². The maximum atomic E-state index is 11.9. The molecule has 2 aromatic carbocycles. The van der Waals surface area contributed by atoms with E-state index >= 15 is 0 Å². The van der Waals surface area contributed by atoms with E-state index in [2.05, 4.69) is 58.3 Å². The molecule has 0 atom stereocenters. The average Bonchev–Trinajstić information content (AvgIpc) is 2.44. The highest BCUT2D eigenvalue weighted by atomic mass is 79.9. The molecular formula is C14H9Br3N2O2. The zero-order valence-corrected chi connectivity index (χ0v) is 15.2. The first-order valence-corrected chi connectivity index (χ1v) is 8.13. The Balaban J connectivity index is 2.13. The summed E-state index contributed by atoms with van der Waals surface area (Å²) in [5.41, 5.74) is 3.37. The lowest BCUT2D eigenvalue weighted by molar-refractivity contribution is 0.0954. The number of hydrazone groups is 1. The van der Waals surface area contributed by atoms with Crippen molar-refractivity contribution in [2.75, 3.05) is 0 Å². The Morgan fingerprint density at radius 2 is 1.86 bits per heavy atom. The van der Waals surface area contributed by atoms with Gasteiger partial charge in [0, 0.05) is 14.5 Å². The lowest BCUT2D eigenvalue weighted by Crippen LogP contribution is -2.18. The minimum Gasteiger partial charge on any atom is -0.506 e. The van der Waals surface area contributed by atoms with Crippen LogP contribution in [0.4, 0.5) is 0 Å². The first-order valence-electron chi connectivity index (χ1n) is 5.75. The maximum Gasteiger partial charge on any atom is 0.272 e. The SMILES string of the molecule is O=C(N/N=C\c1cc(Br)cc(Br)c1O)c1ccccc1Br. The number of hydrogen-bond donors (Lipinski definition) is 2. The normalized spacial score (nSPS) is 10.8. The summed E-state index contributed by atoms with van der Waals surface area (Å²) in [4.78, 5) is 11.9. The van der Waals surface area contributed by atoms with Crippen molar-refractivity contribution >= 4 is 59.9 Å². The summed E-state index contributed by atoms with van der Waals surface area (Å²) >= 11 is 9.85. The first kappa shape index (κ1) is 16.2. The fourth-order valence-electron chi connectivity index (χ4n) is 1.55. The molecule has 0 bridgehead atoms. The summed E-state index contributed by atoms with van der Waals surface area (Å²) in [6.07, 6.45) is 1.37. The zero-order chi connectivity index (χ0) is 15.4. The molecule has 0 unspecified atom stereocenters. The van der Waals surface area contributed by atoms with Crippen molar-refractivity contribution in [1.82, 2.24) is 5.43 Å². The van der Waals surface area contributed by atoms with E-state index < -0.39 is 0 Å². The van der Waals surface area contributed by atoms with E-state index in [0.717, 1.165) is 4.47 Å². The fraction of sp³-hybridized carbons (Fsp3) is 0. The lowest BCUT2D eigenvalue weighted by atomic mass is 10.2. The zero-order valence-electron chi connectivity index (χ0n) is 10.5. The number of phenolic OH excluding ortho intramolecular Hbond substituents is 1. The summed E-state index contributed by atoms with van der Waals surface area (Å²) in [5, 5.41) is 13.7. The number of amides is 1. The van der Waals surface area contributed by atoms with Crippen molar-refractivity contribution in [2.24, 2.45) is 5.10 Å². The van der Waals surface area contributed by atoms with Gasteiger partial charge in [0.25, 0.3) is 5.91 Å². The maximum absolute atomic E-state index is 11.9. The van der Waals surface area contributed by atoms with Crippen LogP contribution in [0.25, 0.3) is 0 Å². The standard InChI is InChI=1S/C14H9Br3N2O2/c15-9-5-8(13(20)12(17)6-9)7-18-19-14(21)10-3-1-2-4-11(10)16/h1-7,20H,(H,19,21)/b18-7-. The number of phenols is 1. The summed E-state index contributed by atoms with van der Waals surface area (Å²) in [6, 6.07) is 10.4. The Morgan fingerprint density at radius 3 is 2.57 bits per heavy atom. The molecule has 0 saturated carbocycles. The predicted octanol–water partition coefficient (Wildman–Crippen LogP) is 4.44. The third-order valence-corrected chi connectivity index (χ3v) is 4.30. The van der Waals surface area contributed by atoms with Crippen LogP contribution in [0.2, 0.25) is 0 Å². The molecule has 0 aliphatic heterocycles. The van der Waals surface area contributed by atoms with Crippen LogP contribution >= 0.6 is 47.8 Å². The summed E-state index contributed by atoms with van der Waals surface area (Å²) in [5.74, 6) is -0.288. The Hall–Kier alpha value is -1.18. The van der Waals surface area contributed by atoms with Gasteiger partial charge in [0.2, 0.25) is 0 Å². The molecule has 21 heavy (non-hydrogen) atoms. The number of nitrogens with one attached hydrogen (secondary N) is 1. The highest BCUT2D eigenvalue weighted by molar-refractivity contribution is 9.11. The lowest BCUT2D eigenvalue weighted by Gasteiger charge is -2.04. The van der Waals surface area contributed by atoms with Crippen LogP contribution in [-0.4, -0.2) is 17.2 Å². The monoisotopic (exact) mass is 474 g/mol. The molecule has 0 spiro atoms. The minimum atomic E-state index is -0.340. The quantitative estimate of drug-likeness (QED) is 0.508. The molecule has 0 aliphatic rings. The number of halogens is 3. The third kappa shape index (κ3) is 4.15. The molecule has 1 amide bonds. The predicted molar refractivity (Wildman–Crippen MR) is 92.7 cm³/mol. The van der Waals surface area contributed by atoms with Crippen molar-refractivity contribution < 1.29 is 9.90 Å². The van der Waals surface area contributed by atoms with Crippen molar-refractivity contribution in [1.29, 1.82) is 0 Å². The highest BCUT2D eigenvalue weighted by Gasteiger charge is 2.08. The molecular weight excluding hydrogens is 468 g/mol. The summed E-state index contributed by atoms with van der Waals surface area (Å²) < 4.78 is 2.01.